The van der Waals surface area contributed by atoms with E-state index in [1.807, 2.05) is 24.5 Å². The highest BCUT2D eigenvalue weighted by atomic mass is 15.1. The highest BCUT2D eigenvalue weighted by Gasteiger charge is 2.03. The molecule has 1 heterocycles. The van der Waals surface area contributed by atoms with E-state index in [0.29, 0.717) is 0 Å². The van der Waals surface area contributed by atoms with E-state index in [9.17, 15) is 0 Å². The molecular formula is C14H16N2. The average Bonchev–Trinajstić information content (AvgIpc) is 2.30. The van der Waals surface area contributed by atoms with E-state index in [-0.39, 0.29) is 0 Å². The van der Waals surface area contributed by atoms with Gasteiger partial charge in [-0.25, -0.2) is 0 Å². The van der Waals surface area contributed by atoms with Crippen molar-refractivity contribution in [1.29, 1.82) is 0 Å². The summed E-state index contributed by atoms with van der Waals surface area (Å²) in [6.07, 6.45) is 3.66. The van der Waals surface area contributed by atoms with Crippen LogP contribution in [-0.2, 0) is 0 Å². The molecule has 0 aliphatic heterocycles. The first-order valence-electron chi connectivity index (χ1n) is 5.37. The Morgan fingerprint density at radius 1 is 1.00 bits per heavy atom. The minimum absolute atomic E-state index is 1.22. The highest BCUT2D eigenvalue weighted by Crippen LogP contribution is 2.26. The first kappa shape index (κ1) is 10.7. The molecule has 2 nitrogen and oxygen atoms in total. The molecule has 16 heavy (non-hydrogen) atoms. The predicted octanol–water partition coefficient (Wildman–Crippen LogP) is 3.12. The van der Waals surface area contributed by atoms with Crippen molar-refractivity contribution < 1.29 is 0 Å². The number of rotatable bonds is 2. The van der Waals surface area contributed by atoms with Crippen LogP contribution in [0.15, 0.2) is 42.7 Å². The second kappa shape index (κ2) is 4.35. The molecule has 1 aromatic carbocycles. The van der Waals surface area contributed by atoms with Crippen LogP contribution >= 0.6 is 0 Å². The van der Waals surface area contributed by atoms with Crippen molar-refractivity contribution in [2.45, 2.75) is 6.92 Å². The Morgan fingerprint density at radius 2 is 1.69 bits per heavy atom. The standard InChI is InChI=1S/C14H16N2/c1-11-10-13(16(2)3)4-5-14(11)12-6-8-15-9-7-12/h4-10H,1-3H3. The topological polar surface area (TPSA) is 16.1 Å². The molecule has 0 amide bonds. The van der Waals surface area contributed by atoms with Gasteiger partial charge in [0.2, 0.25) is 0 Å². The number of aromatic nitrogens is 1. The summed E-state index contributed by atoms with van der Waals surface area (Å²) in [7, 11) is 4.11. The molecule has 1 aromatic heterocycles. The van der Waals surface area contributed by atoms with Crippen molar-refractivity contribution in [1.82, 2.24) is 4.98 Å². The van der Waals surface area contributed by atoms with Gasteiger partial charge in [0.1, 0.15) is 0 Å². The van der Waals surface area contributed by atoms with Gasteiger partial charge in [-0.3, -0.25) is 4.98 Å². The number of nitrogens with zero attached hydrogens (tertiary/aromatic N) is 2. The van der Waals surface area contributed by atoms with Crippen LogP contribution in [0.2, 0.25) is 0 Å². The number of hydrogen-bond acceptors (Lipinski definition) is 2. The smallest absolute Gasteiger partial charge is 0.0364 e. The van der Waals surface area contributed by atoms with Crippen molar-refractivity contribution in [3.63, 3.8) is 0 Å². The Morgan fingerprint density at radius 3 is 2.25 bits per heavy atom. The van der Waals surface area contributed by atoms with E-state index in [1.54, 1.807) is 0 Å². The van der Waals surface area contributed by atoms with Gasteiger partial charge in [-0.1, -0.05) is 6.07 Å². The molecule has 0 saturated heterocycles. The third-order valence-electron chi connectivity index (χ3n) is 2.72. The average molecular weight is 212 g/mol. The SMILES string of the molecule is Cc1cc(N(C)C)ccc1-c1ccncc1. The number of pyridine rings is 1. The van der Waals surface area contributed by atoms with Crippen molar-refractivity contribution in [2.24, 2.45) is 0 Å². The van der Waals surface area contributed by atoms with E-state index in [1.165, 1.54) is 22.4 Å². The molecular weight excluding hydrogens is 196 g/mol. The zero-order valence-corrected chi connectivity index (χ0v) is 9.94. The molecule has 0 fully saturated rings. The first-order valence-corrected chi connectivity index (χ1v) is 5.37. The summed E-state index contributed by atoms with van der Waals surface area (Å²) in [5, 5.41) is 0. The van der Waals surface area contributed by atoms with Gasteiger partial charge in [0, 0.05) is 32.2 Å². The van der Waals surface area contributed by atoms with Crippen molar-refractivity contribution >= 4 is 5.69 Å². The summed E-state index contributed by atoms with van der Waals surface area (Å²) in [5.41, 5.74) is 5.01. The van der Waals surface area contributed by atoms with E-state index >= 15 is 0 Å². The molecule has 0 aliphatic rings. The van der Waals surface area contributed by atoms with E-state index in [2.05, 4.69) is 49.1 Å². The van der Waals surface area contributed by atoms with E-state index in [4.69, 9.17) is 0 Å². The summed E-state index contributed by atoms with van der Waals surface area (Å²) >= 11 is 0. The first-order chi connectivity index (χ1) is 7.68. The summed E-state index contributed by atoms with van der Waals surface area (Å²) in [6.45, 7) is 2.14. The second-order valence-corrected chi connectivity index (χ2v) is 4.13. The van der Waals surface area contributed by atoms with Crippen molar-refractivity contribution in [2.75, 3.05) is 19.0 Å². The maximum absolute atomic E-state index is 4.04. The van der Waals surface area contributed by atoms with Gasteiger partial charge in [-0.2, -0.15) is 0 Å². The summed E-state index contributed by atoms with van der Waals surface area (Å²) in [5.74, 6) is 0. The van der Waals surface area contributed by atoms with Crippen LogP contribution in [0.1, 0.15) is 5.56 Å². The lowest BCUT2D eigenvalue weighted by atomic mass is 10.0. The zero-order valence-electron chi connectivity index (χ0n) is 9.94. The van der Waals surface area contributed by atoms with Crippen LogP contribution in [0.4, 0.5) is 5.69 Å². The van der Waals surface area contributed by atoms with Gasteiger partial charge in [-0.15, -0.1) is 0 Å². The summed E-state index contributed by atoms with van der Waals surface area (Å²) in [4.78, 5) is 6.15. The normalized spacial score (nSPS) is 10.2. The fourth-order valence-electron chi connectivity index (χ4n) is 1.78. The van der Waals surface area contributed by atoms with Gasteiger partial charge >= 0.3 is 0 Å². The molecule has 82 valence electrons. The number of aryl methyl sites for hydroxylation is 1. The predicted molar refractivity (Wildman–Crippen MR) is 68.7 cm³/mol. The Kier molecular flexibility index (Phi) is 2.91. The molecule has 0 radical (unpaired) electrons. The molecule has 0 aliphatic carbocycles. The third-order valence-corrected chi connectivity index (χ3v) is 2.72. The quantitative estimate of drug-likeness (QED) is 0.760. The molecule has 0 spiro atoms. The summed E-state index contributed by atoms with van der Waals surface area (Å²) in [6, 6.07) is 10.6. The van der Waals surface area contributed by atoms with Crippen LogP contribution in [0, 0.1) is 6.92 Å². The van der Waals surface area contributed by atoms with Crippen LogP contribution in [0.3, 0.4) is 0 Å². The van der Waals surface area contributed by atoms with Gasteiger partial charge in [0.25, 0.3) is 0 Å². The Bertz CT molecular complexity index is 475. The van der Waals surface area contributed by atoms with Gasteiger partial charge in [0.15, 0.2) is 0 Å². The fraction of sp³-hybridized carbons (Fsp3) is 0.214. The molecule has 0 saturated carbocycles. The van der Waals surface area contributed by atoms with Crippen LogP contribution in [-0.4, -0.2) is 19.1 Å². The van der Waals surface area contributed by atoms with Crippen molar-refractivity contribution in [3.8, 4) is 11.1 Å². The third kappa shape index (κ3) is 2.06. The van der Waals surface area contributed by atoms with Crippen LogP contribution < -0.4 is 4.90 Å². The molecule has 2 aromatic rings. The summed E-state index contributed by atoms with van der Waals surface area (Å²) < 4.78 is 0. The lowest BCUT2D eigenvalue weighted by Gasteiger charge is -2.15. The number of hydrogen-bond donors (Lipinski definition) is 0. The lowest BCUT2D eigenvalue weighted by molar-refractivity contribution is 1.13. The Hall–Kier alpha value is -1.83. The number of benzene rings is 1. The molecule has 0 unspecified atom stereocenters. The van der Waals surface area contributed by atoms with Gasteiger partial charge in [-0.05, 0) is 47.9 Å². The molecule has 0 N–H and O–H groups in total. The van der Waals surface area contributed by atoms with E-state index in [0.717, 1.165) is 0 Å². The van der Waals surface area contributed by atoms with E-state index < -0.39 is 0 Å². The van der Waals surface area contributed by atoms with Crippen LogP contribution in [0.5, 0.6) is 0 Å². The maximum Gasteiger partial charge on any atom is 0.0364 e. The Balaban J connectivity index is 2.45. The molecule has 2 rings (SSSR count). The maximum atomic E-state index is 4.04. The molecule has 0 atom stereocenters. The molecule has 0 bridgehead atoms. The zero-order chi connectivity index (χ0) is 11.5. The monoisotopic (exact) mass is 212 g/mol. The number of anilines is 1. The minimum atomic E-state index is 1.22. The molecule has 2 heteroatoms. The van der Waals surface area contributed by atoms with Crippen molar-refractivity contribution in [3.05, 3.63) is 48.3 Å². The highest BCUT2D eigenvalue weighted by molar-refractivity contribution is 5.69. The fourth-order valence-corrected chi connectivity index (χ4v) is 1.78. The van der Waals surface area contributed by atoms with Gasteiger partial charge < -0.3 is 4.90 Å². The van der Waals surface area contributed by atoms with Gasteiger partial charge in [0.05, 0.1) is 0 Å². The second-order valence-electron chi connectivity index (χ2n) is 4.13. The largest absolute Gasteiger partial charge is 0.378 e. The van der Waals surface area contributed by atoms with Crippen LogP contribution in [0.25, 0.3) is 11.1 Å². The Labute approximate surface area is 96.6 Å². The lowest BCUT2D eigenvalue weighted by Crippen LogP contribution is -2.08. The minimum Gasteiger partial charge on any atom is -0.378 e.